The Hall–Kier alpha value is -1.24. The van der Waals surface area contributed by atoms with Crippen molar-refractivity contribution in [2.24, 2.45) is 5.73 Å². The molecular formula is C11H15N. The number of nitrogens with two attached hydrogens (primary N) is 1. The third-order valence-corrected chi connectivity index (χ3v) is 1.88. The first-order chi connectivity index (χ1) is 5.75. The summed E-state index contributed by atoms with van der Waals surface area (Å²) < 4.78 is 0. The van der Waals surface area contributed by atoms with Crippen molar-refractivity contribution in [1.29, 1.82) is 0 Å². The van der Waals surface area contributed by atoms with Gasteiger partial charge in [0, 0.05) is 5.70 Å². The van der Waals surface area contributed by atoms with Crippen LogP contribution >= 0.6 is 0 Å². The Balaban J connectivity index is 3.02. The standard InChI is InChI=1S/C11H15N/c1-3-6-11(12)10-8-5-4-7-9(10)2/h4-8H,3,12H2,1-2H3/b11-6+. The molecule has 0 aliphatic heterocycles. The molecule has 0 unspecified atom stereocenters. The van der Waals surface area contributed by atoms with Gasteiger partial charge in [-0.25, -0.2) is 0 Å². The largest absolute Gasteiger partial charge is 0.398 e. The molecule has 12 heavy (non-hydrogen) atoms. The second kappa shape index (κ2) is 3.96. The molecule has 0 saturated carbocycles. The molecule has 0 saturated heterocycles. The van der Waals surface area contributed by atoms with E-state index in [1.807, 2.05) is 18.2 Å². The molecular weight excluding hydrogens is 146 g/mol. The summed E-state index contributed by atoms with van der Waals surface area (Å²) >= 11 is 0. The van der Waals surface area contributed by atoms with Crippen LogP contribution in [0.4, 0.5) is 0 Å². The highest BCUT2D eigenvalue weighted by Gasteiger charge is 1.97. The van der Waals surface area contributed by atoms with Crippen LogP contribution in [0.3, 0.4) is 0 Å². The van der Waals surface area contributed by atoms with Crippen molar-refractivity contribution >= 4 is 5.70 Å². The number of aryl methyl sites for hydroxylation is 1. The maximum atomic E-state index is 5.87. The van der Waals surface area contributed by atoms with Crippen molar-refractivity contribution in [1.82, 2.24) is 0 Å². The molecule has 1 heteroatoms. The fourth-order valence-corrected chi connectivity index (χ4v) is 1.23. The van der Waals surface area contributed by atoms with Crippen LogP contribution in [0.5, 0.6) is 0 Å². The molecule has 1 aromatic rings. The summed E-state index contributed by atoms with van der Waals surface area (Å²) in [6.45, 7) is 4.16. The lowest BCUT2D eigenvalue weighted by Crippen LogP contribution is -1.97. The molecule has 64 valence electrons. The van der Waals surface area contributed by atoms with Crippen molar-refractivity contribution in [2.45, 2.75) is 20.3 Å². The fourth-order valence-electron chi connectivity index (χ4n) is 1.23. The van der Waals surface area contributed by atoms with Gasteiger partial charge in [0.2, 0.25) is 0 Å². The molecule has 1 nitrogen and oxygen atoms in total. The molecule has 0 bridgehead atoms. The number of hydrogen-bond acceptors (Lipinski definition) is 1. The predicted octanol–water partition coefficient (Wildman–Crippen LogP) is 2.70. The Morgan fingerprint density at radius 2 is 2.08 bits per heavy atom. The molecule has 0 atom stereocenters. The topological polar surface area (TPSA) is 26.0 Å². The van der Waals surface area contributed by atoms with Crippen molar-refractivity contribution in [3.63, 3.8) is 0 Å². The second-order valence-corrected chi connectivity index (χ2v) is 2.88. The van der Waals surface area contributed by atoms with Gasteiger partial charge in [0.25, 0.3) is 0 Å². The number of hydrogen-bond donors (Lipinski definition) is 1. The van der Waals surface area contributed by atoms with Gasteiger partial charge in [0.15, 0.2) is 0 Å². The van der Waals surface area contributed by atoms with E-state index in [-0.39, 0.29) is 0 Å². The Bertz CT molecular complexity index is 287. The van der Waals surface area contributed by atoms with Crippen molar-refractivity contribution < 1.29 is 0 Å². The van der Waals surface area contributed by atoms with Crippen LogP contribution in [0, 0.1) is 6.92 Å². The summed E-state index contributed by atoms with van der Waals surface area (Å²) in [7, 11) is 0. The number of rotatable bonds is 2. The van der Waals surface area contributed by atoms with E-state index < -0.39 is 0 Å². The van der Waals surface area contributed by atoms with E-state index in [0.29, 0.717) is 0 Å². The minimum Gasteiger partial charge on any atom is -0.398 e. The molecule has 0 aromatic heterocycles. The predicted molar refractivity (Wildman–Crippen MR) is 53.6 cm³/mol. The van der Waals surface area contributed by atoms with Gasteiger partial charge in [-0.05, 0) is 24.5 Å². The lowest BCUT2D eigenvalue weighted by molar-refractivity contribution is 1.21. The molecule has 0 spiro atoms. The van der Waals surface area contributed by atoms with E-state index in [1.165, 1.54) is 5.56 Å². The van der Waals surface area contributed by atoms with Gasteiger partial charge in [0.1, 0.15) is 0 Å². The zero-order valence-electron chi connectivity index (χ0n) is 7.67. The average molecular weight is 161 g/mol. The van der Waals surface area contributed by atoms with Gasteiger partial charge in [-0.1, -0.05) is 37.3 Å². The zero-order chi connectivity index (χ0) is 8.97. The molecule has 0 aliphatic carbocycles. The molecule has 0 heterocycles. The zero-order valence-corrected chi connectivity index (χ0v) is 7.67. The summed E-state index contributed by atoms with van der Waals surface area (Å²) in [5.74, 6) is 0. The lowest BCUT2D eigenvalue weighted by atomic mass is 10.1. The summed E-state index contributed by atoms with van der Waals surface area (Å²) in [6.07, 6.45) is 3.03. The summed E-state index contributed by atoms with van der Waals surface area (Å²) in [5.41, 5.74) is 9.14. The highest BCUT2D eigenvalue weighted by molar-refractivity contribution is 5.65. The van der Waals surface area contributed by atoms with Crippen LogP contribution in [0.25, 0.3) is 5.70 Å². The second-order valence-electron chi connectivity index (χ2n) is 2.88. The van der Waals surface area contributed by atoms with Crippen LogP contribution in [0.1, 0.15) is 24.5 Å². The van der Waals surface area contributed by atoms with Gasteiger partial charge in [-0.3, -0.25) is 0 Å². The van der Waals surface area contributed by atoms with E-state index in [2.05, 4.69) is 26.0 Å². The molecule has 1 rings (SSSR count). The lowest BCUT2D eigenvalue weighted by Gasteiger charge is -2.04. The average Bonchev–Trinajstić information content (AvgIpc) is 2.05. The Morgan fingerprint density at radius 3 is 2.67 bits per heavy atom. The van der Waals surface area contributed by atoms with Crippen LogP contribution in [-0.2, 0) is 0 Å². The van der Waals surface area contributed by atoms with E-state index in [0.717, 1.165) is 17.7 Å². The highest BCUT2D eigenvalue weighted by Crippen LogP contribution is 2.13. The maximum Gasteiger partial charge on any atom is 0.0349 e. The molecule has 0 radical (unpaired) electrons. The summed E-state index contributed by atoms with van der Waals surface area (Å²) in [6, 6.07) is 8.17. The maximum absolute atomic E-state index is 5.87. The fraction of sp³-hybridized carbons (Fsp3) is 0.273. The van der Waals surface area contributed by atoms with Crippen LogP contribution < -0.4 is 5.73 Å². The third-order valence-electron chi connectivity index (χ3n) is 1.88. The Labute approximate surface area is 73.9 Å². The van der Waals surface area contributed by atoms with Crippen molar-refractivity contribution in [3.05, 3.63) is 41.5 Å². The van der Waals surface area contributed by atoms with E-state index in [1.54, 1.807) is 0 Å². The van der Waals surface area contributed by atoms with Crippen molar-refractivity contribution in [2.75, 3.05) is 0 Å². The smallest absolute Gasteiger partial charge is 0.0349 e. The summed E-state index contributed by atoms with van der Waals surface area (Å²) in [4.78, 5) is 0. The SMILES string of the molecule is CC/C=C(/N)c1ccccc1C. The molecule has 0 fully saturated rings. The summed E-state index contributed by atoms with van der Waals surface area (Å²) in [5, 5.41) is 0. The molecule has 2 N–H and O–H groups in total. The van der Waals surface area contributed by atoms with Gasteiger partial charge >= 0.3 is 0 Å². The first kappa shape index (κ1) is 8.85. The van der Waals surface area contributed by atoms with E-state index in [9.17, 15) is 0 Å². The monoisotopic (exact) mass is 161 g/mol. The Morgan fingerprint density at radius 1 is 1.42 bits per heavy atom. The van der Waals surface area contributed by atoms with Crippen LogP contribution in [0.15, 0.2) is 30.3 Å². The van der Waals surface area contributed by atoms with E-state index in [4.69, 9.17) is 5.73 Å². The van der Waals surface area contributed by atoms with Gasteiger partial charge < -0.3 is 5.73 Å². The Kier molecular flexibility index (Phi) is 2.92. The minimum atomic E-state index is 0.885. The van der Waals surface area contributed by atoms with Gasteiger partial charge in [-0.2, -0.15) is 0 Å². The van der Waals surface area contributed by atoms with Crippen LogP contribution in [-0.4, -0.2) is 0 Å². The quantitative estimate of drug-likeness (QED) is 0.709. The van der Waals surface area contributed by atoms with Crippen LogP contribution in [0.2, 0.25) is 0 Å². The number of allylic oxidation sites excluding steroid dienone is 1. The first-order valence-corrected chi connectivity index (χ1v) is 4.27. The molecule has 0 aliphatic rings. The van der Waals surface area contributed by atoms with E-state index >= 15 is 0 Å². The van der Waals surface area contributed by atoms with Gasteiger partial charge in [0.05, 0.1) is 0 Å². The van der Waals surface area contributed by atoms with Crippen molar-refractivity contribution in [3.8, 4) is 0 Å². The molecule has 0 amide bonds. The van der Waals surface area contributed by atoms with Gasteiger partial charge in [-0.15, -0.1) is 0 Å². The minimum absolute atomic E-state index is 0.885. The third kappa shape index (κ3) is 1.88. The normalized spacial score (nSPS) is 11.7. The first-order valence-electron chi connectivity index (χ1n) is 4.27. The number of benzene rings is 1. The molecule has 1 aromatic carbocycles. The highest BCUT2D eigenvalue weighted by atomic mass is 14.6.